The maximum absolute atomic E-state index is 12.2. The van der Waals surface area contributed by atoms with Crippen LogP contribution in [0.4, 0.5) is 10.5 Å². The summed E-state index contributed by atoms with van der Waals surface area (Å²) in [6, 6.07) is 20.9. The molecule has 8 nitrogen and oxygen atoms in total. The van der Waals surface area contributed by atoms with Gasteiger partial charge >= 0.3 is 6.09 Å². The van der Waals surface area contributed by atoms with Gasteiger partial charge in [-0.2, -0.15) is 5.10 Å². The fraction of sp³-hybridized carbons (Fsp3) is 0.120. The summed E-state index contributed by atoms with van der Waals surface area (Å²) in [5.74, 6) is 5.65. The van der Waals surface area contributed by atoms with Gasteiger partial charge in [-0.15, -0.1) is 0 Å². The number of aromatic amines is 1. The lowest BCUT2D eigenvalue weighted by Gasteiger charge is -2.14. The molecule has 0 bridgehead atoms. The number of rotatable bonds is 4. The number of carbonyl (C=O) groups is 1. The van der Waals surface area contributed by atoms with Gasteiger partial charge in [0.2, 0.25) is 0 Å². The Kier molecular flexibility index (Phi) is 5.21. The number of nitrogens with one attached hydrogen (secondary N) is 2. The van der Waals surface area contributed by atoms with Crippen molar-refractivity contribution in [3.05, 3.63) is 93.7 Å². The van der Waals surface area contributed by atoms with Gasteiger partial charge in [-0.1, -0.05) is 60.5 Å². The van der Waals surface area contributed by atoms with Gasteiger partial charge in [0.15, 0.2) is 5.52 Å². The fourth-order valence-electron chi connectivity index (χ4n) is 4.16. The number of carbonyl (C=O) groups excluding carboxylic acids is 1. The molecule has 0 spiro atoms. The van der Waals surface area contributed by atoms with Crippen LogP contribution in [0.5, 0.6) is 0 Å². The first kappa shape index (κ1) is 20.3. The Hall–Kier alpha value is -4.64. The molecule has 162 valence electrons. The lowest BCUT2D eigenvalue weighted by molar-refractivity contribution is -0.383. The number of nitro benzene ring substituents is 1. The quantitative estimate of drug-likeness (QED) is 0.279. The van der Waals surface area contributed by atoms with Gasteiger partial charge in [-0.25, -0.2) is 4.79 Å². The van der Waals surface area contributed by atoms with Crippen molar-refractivity contribution in [2.45, 2.75) is 5.92 Å². The molecule has 0 aliphatic heterocycles. The van der Waals surface area contributed by atoms with Crippen LogP contribution >= 0.6 is 0 Å². The Morgan fingerprint density at radius 2 is 1.76 bits per heavy atom. The molecule has 4 aromatic rings. The van der Waals surface area contributed by atoms with Crippen LogP contribution in [0, 0.1) is 22.0 Å². The number of alkyl carbamates (subject to hydrolysis) is 1. The summed E-state index contributed by atoms with van der Waals surface area (Å²) in [4.78, 5) is 22.8. The standard InChI is InChI=1S/C25H18N4O4/c30-25(26-14-6-12-22-20-11-5-13-23(29(31)32)24(20)28-27-22)33-15-21-18-9-3-1-7-16(18)17-8-2-4-10-19(17)21/h1-5,7-11,13,21H,14-15H2,(H,26,30)(H,27,28). The molecule has 0 atom stereocenters. The molecule has 0 saturated heterocycles. The maximum atomic E-state index is 12.2. The van der Waals surface area contributed by atoms with Gasteiger partial charge in [-0.3, -0.25) is 15.2 Å². The zero-order chi connectivity index (χ0) is 22.8. The number of non-ortho nitro benzene ring substituents is 1. The van der Waals surface area contributed by atoms with Crippen LogP contribution in [0.1, 0.15) is 22.7 Å². The van der Waals surface area contributed by atoms with Crippen molar-refractivity contribution in [1.29, 1.82) is 0 Å². The van der Waals surface area contributed by atoms with E-state index in [1.165, 1.54) is 17.2 Å². The van der Waals surface area contributed by atoms with Gasteiger partial charge in [0.25, 0.3) is 5.69 Å². The van der Waals surface area contributed by atoms with E-state index in [0.717, 1.165) is 11.1 Å². The molecule has 0 saturated carbocycles. The number of ether oxygens (including phenoxy) is 1. The first-order valence-corrected chi connectivity index (χ1v) is 10.3. The Morgan fingerprint density at radius 3 is 2.45 bits per heavy atom. The number of H-pyrrole nitrogens is 1. The molecule has 0 unspecified atom stereocenters. The second-order valence-electron chi connectivity index (χ2n) is 7.51. The van der Waals surface area contributed by atoms with Gasteiger partial charge in [0.05, 0.1) is 11.5 Å². The SMILES string of the molecule is O=C(NCC#Cc1[nH]nc2c([N+](=O)[O-])cccc12)OCC1c2ccccc2-c2ccccc21. The highest BCUT2D eigenvalue weighted by atomic mass is 16.6. The monoisotopic (exact) mass is 438 g/mol. The molecule has 1 aliphatic rings. The fourth-order valence-corrected chi connectivity index (χ4v) is 4.16. The summed E-state index contributed by atoms with van der Waals surface area (Å²) in [5.41, 5.74) is 5.23. The minimum Gasteiger partial charge on any atom is -0.449 e. The number of hydrogen-bond donors (Lipinski definition) is 2. The second kappa shape index (κ2) is 8.48. The van der Waals surface area contributed by atoms with Crippen molar-refractivity contribution >= 4 is 22.7 Å². The lowest BCUT2D eigenvalue weighted by Crippen LogP contribution is -2.26. The lowest BCUT2D eigenvalue weighted by atomic mass is 9.98. The van der Waals surface area contributed by atoms with Crippen LogP contribution in [-0.2, 0) is 4.74 Å². The number of para-hydroxylation sites is 1. The third-order valence-corrected chi connectivity index (χ3v) is 5.64. The average Bonchev–Trinajstić information content (AvgIpc) is 3.39. The highest BCUT2D eigenvalue weighted by molar-refractivity contribution is 5.91. The molecule has 33 heavy (non-hydrogen) atoms. The predicted molar refractivity (Wildman–Crippen MR) is 123 cm³/mol. The van der Waals surface area contributed by atoms with Crippen molar-refractivity contribution < 1.29 is 14.5 Å². The number of nitro groups is 1. The van der Waals surface area contributed by atoms with E-state index in [2.05, 4.69) is 51.6 Å². The minimum atomic E-state index is -0.559. The Morgan fingerprint density at radius 1 is 1.06 bits per heavy atom. The molecular weight excluding hydrogens is 420 g/mol. The zero-order valence-electron chi connectivity index (χ0n) is 17.4. The van der Waals surface area contributed by atoms with E-state index >= 15 is 0 Å². The van der Waals surface area contributed by atoms with Gasteiger partial charge < -0.3 is 10.1 Å². The molecule has 1 aliphatic carbocycles. The van der Waals surface area contributed by atoms with Crippen molar-refractivity contribution in [1.82, 2.24) is 15.5 Å². The third-order valence-electron chi connectivity index (χ3n) is 5.64. The van der Waals surface area contributed by atoms with E-state index in [1.807, 2.05) is 24.3 Å². The smallest absolute Gasteiger partial charge is 0.407 e. The topological polar surface area (TPSA) is 110 Å². The van der Waals surface area contributed by atoms with Crippen LogP contribution in [0.25, 0.3) is 22.0 Å². The first-order chi connectivity index (χ1) is 16.1. The average molecular weight is 438 g/mol. The van der Waals surface area contributed by atoms with Crippen LogP contribution < -0.4 is 5.32 Å². The van der Waals surface area contributed by atoms with Crippen LogP contribution in [0.2, 0.25) is 0 Å². The Labute approximate surface area is 188 Å². The molecule has 5 rings (SSSR count). The maximum Gasteiger partial charge on any atom is 0.407 e. The summed E-state index contributed by atoms with van der Waals surface area (Å²) >= 11 is 0. The number of amides is 1. The summed E-state index contributed by atoms with van der Waals surface area (Å²) in [5, 5.41) is 21.0. The zero-order valence-corrected chi connectivity index (χ0v) is 17.4. The van der Waals surface area contributed by atoms with Crippen LogP contribution in [0.3, 0.4) is 0 Å². The highest BCUT2D eigenvalue weighted by Crippen LogP contribution is 2.44. The number of nitrogens with zero attached hydrogens (tertiary/aromatic N) is 2. The Bertz CT molecular complexity index is 1400. The van der Waals surface area contributed by atoms with Crippen molar-refractivity contribution in [2.24, 2.45) is 0 Å². The van der Waals surface area contributed by atoms with E-state index in [9.17, 15) is 14.9 Å². The van der Waals surface area contributed by atoms with Crippen LogP contribution in [-0.4, -0.2) is 34.4 Å². The van der Waals surface area contributed by atoms with Crippen molar-refractivity contribution in [3.63, 3.8) is 0 Å². The molecular formula is C25H18N4O4. The van der Waals surface area contributed by atoms with Gasteiger partial charge in [0.1, 0.15) is 12.3 Å². The molecule has 0 radical (unpaired) electrons. The number of fused-ring (bicyclic) bond motifs is 4. The molecule has 1 heterocycles. The van der Waals surface area contributed by atoms with E-state index in [4.69, 9.17) is 4.74 Å². The molecule has 8 heteroatoms. The summed E-state index contributed by atoms with van der Waals surface area (Å²) in [6.07, 6.45) is -0.559. The molecule has 2 N–H and O–H groups in total. The third kappa shape index (κ3) is 3.77. The van der Waals surface area contributed by atoms with E-state index in [0.29, 0.717) is 11.1 Å². The minimum absolute atomic E-state index is 0.0126. The number of benzene rings is 3. The Balaban J connectivity index is 1.21. The van der Waals surface area contributed by atoms with E-state index in [1.54, 1.807) is 12.1 Å². The first-order valence-electron chi connectivity index (χ1n) is 10.3. The molecule has 1 amide bonds. The largest absolute Gasteiger partial charge is 0.449 e. The van der Waals surface area contributed by atoms with E-state index in [-0.39, 0.29) is 30.3 Å². The summed E-state index contributed by atoms with van der Waals surface area (Å²) in [6.45, 7) is 0.286. The van der Waals surface area contributed by atoms with Gasteiger partial charge in [0, 0.05) is 17.4 Å². The number of hydrogen-bond acceptors (Lipinski definition) is 5. The highest BCUT2D eigenvalue weighted by Gasteiger charge is 2.28. The predicted octanol–water partition coefficient (Wildman–Crippen LogP) is 4.36. The van der Waals surface area contributed by atoms with Crippen LogP contribution in [0.15, 0.2) is 66.7 Å². The molecule has 1 aromatic heterocycles. The second-order valence-corrected chi connectivity index (χ2v) is 7.51. The normalized spacial score (nSPS) is 11.9. The number of aromatic nitrogens is 2. The molecule has 3 aromatic carbocycles. The van der Waals surface area contributed by atoms with E-state index < -0.39 is 11.0 Å². The van der Waals surface area contributed by atoms with Gasteiger partial charge in [-0.05, 0) is 34.2 Å². The molecule has 0 fully saturated rings. The summed E-state index contributed by atoms with van der Waals surface area (Å²) < 4.78 is 5.48. The summed E-state index contributed by atoms with van der Waals surface area (Å²) in [7, 11) is 0. The van der Waals surface area contributed by atoms with Crippen molar-refractivity contribution in [3.8, 4) is 23.0 Å². The van der Waals surface area contributed by atoms with Crippen molar-refractivity contribution in [2.75, 3.05) is 13.2 Å².